The molecular formula is C24H22BrN3O2. The third-order valence-corrected chi connectivity index (χ3v) is 5.63. The lowest BCUT2D eigenvalue weighted by atomic mass is 10.1. The number of halogens is 1. The topological polar surface area (TPSA) is 61.4 Å². The molecule has 5 nitrogen and oxygen atoms in total. The Labute approximate surface area is 184 Å². The summed E-state index contributed by atoms with van der Waals surface area (Å²) in [5.74, 6) is -0.000596. The van der Waals surface area contributed by atoms with Gasteiger partial charge in [0.2, 0.25) is 0 Å². The number of fused-ring (bicyclic) bond motifs is 1. The SMILES string of the molecule is C[C@H]1Cc2ccc(CNC(=O)Nc3cccc(Br)c3)cc2N1C(=O)c1ccccc1. The molecule has 3 amide bonds. The van der Waals surface area contributed by atoms with Crippen LogP contribution in [0.2, 0.25) is 0 Å². The molecule has 0 fully saturated rings. The van der Waals surface area contributed by atoms with E-state index in [1.807, 2.05) is 77.7 Å². The van der Waals surface area contributed by atoms with Gasteiger partial charge >= 0.3 is 6.03 Å². The van der Waals surface area contributed by atoms with Gasteiger partial charge in [0, 0.05) is 34.0 Å². The monoisotopic (exact) mass is 463 g/mol. The normalized spacial score (nSPS) is 14.9. The molecule has 0 aliphatic carbocycles. The van der Waals surface area contributed by atoms with Crippen molar-refractivity contribution in [2.45, 2.75) is 25.9 Å². The molecule has 0 spiro atoms. The van der Waals surface area contributed by atoms with Gasteiger partial charge < -0.3 is 15.5 Å². The van der Waals surface area contributed by atoms with E-state index in [9.17, 15) is 9.59 Å². The third kappa shape index (κ3) is 4.39. The van der Waals surface area contributed by atoms with E-state index in [1.165, 1.54) is 0 Å². The molecule has 1 aliphatic heterocycles. The number of rotatable bonds is 4. The minimum atomic E-state index is -0.279. The standard InChI is InChI=1S/C24H22BrN3O2/c1-16-12-19-11-10-17(15-26-24(30)27-21-9-5-8-20(25)14-21)13-22(19)28(16)23(29)18-6-3-2-4-7-18/h2-11,13-14,16H,12,15H2,1H3,(H2,26,27,30)/t16-/m0/s1. The van der Waals surface area contributed by atoms with Crippen molar-refractivity contribution in [2.24, 2.45) is 0 Å². The van der Waals surface area contributed by atoms with Crippen LogP contribution in [-0.4, -0.2) is 18.0 Å². The van der Waals surface area contributed by atoms with Crippen LogP contribution in [0.4, 0.5) is 16.2 Å². The average Bonchev–Trinajstić information content (AvgIpc) is 3.07. The lowest BCUT2D eigenvalue weighted by Gasteiger charge is -2.23. The minimum absolute atomic E-state index is 0.000596. The van der Waals surface area contributed by atoms with Crippen molar-refractivity contribution >= 4 is 39.2 Å². The van der Waals surface area contributed by atoms with E-state index in [0.29, 0.717) is 17.8 Å². The van der Waals surface area contributed by atoms with Crippen molar-refractivity contribution < 1.29 is 9.59 Å². The molecule has 6 heteroatoms. The smallest absolute Gasteiger partial charge is 0.319 e. The lowest BCUT2D eigenvalue weighted by molar-refractivity contribution is 0.0981. The van der Waals surface area contributed by atoms with Crippen LogP contribution in [0.5, 0.6) is 0 Å². The number of benzene rings is 3. The summed E-state index contributed by atoms with van der Waals surface area (Å²) in [6.07, 6.45) is 0.824. The summed E-state index contributed by atoms with van der Waals surface area (Å²) in [7, 11) is 0. The van der Waals surface area contributed by atoms with Gasteiger partial charge in [-0.25, -0.2) is 4.79 Å². The maximum absolute atomic E-state index is 13.1. The van der Waals surface area contributed by atoms with Crippen LogP contribution in [0, 0.1) is 0 Å². The number of nitrogens with one attached hydrogen (secondary N) is 2. The number of amides is 3. The number of carbonyl (C=O) groups excluding carboxylic acids is 2. The van der Waals surface area contributed by atoms with Gasteiger partial charge in [-0.15, -0.1) is 0 Å². The Hall–Kier alpha value is -3.12. The average molecular weight is 464 g/mol. The van der Waals surface area contributed by atoms with Crippen LogP contribution in [0.3, 0.4) is 0 Å². The summed E-state index contributed by atoms with van der Waals surface area (Å²) >= 11 is 3.39. The minimum Gasteiger partial charge on any atom is -0.334 e. The highest BCUT2D eigenvalue weighted by Crippen LogP contribution is 2.34. The van der Waals surface area contributed by atoms with Gasteiger partial charge in [-0.3, -0.25) is 4.79 Å². The van der Waals surface area contributed by atoms with Crippen LogP contribution in [0.25, 0.3) is 0 Å². The van der Waals surface area contributed by atoms with Crippen molar-refractivity contribution in [3.63, 3.8) is 0 Å². The Morgan fingerprint density at radius 1 is 1.03 bits per heavy atom. The second kappa shape index (κ2) is 8.71. The predicted molar refractivity (Wildman–Crippen MR) is 123 cm³/mol. The molecule has 30 heavy (non-hydrogen) atoms. The van der Waals surface area contributed by atoms with Gasteiger partial charge in [-0.2, -0.15) is 0 Å². The molecule has 0 saturated heterocycles. The van der Waals surface area contributed by atoms with Crippen molar-refractivity contribution in [3.8, 4) is 0 Å². The first-order valence-corrected chi connectivity index (χ1v) is 10.6. The highest BCUT2D eigenvalue weighted by Gasteiger charge is 2.31. The zero-order valence-corrected chi connectivity index (χ0v) is 18.1. The molecule has 1 atom stereocenters. The summed E-state index contributed by atoms with van der Waals surface area (Å²) < 4.78 is 0.899. The van der Waals surface area contributed by atoms with Crippen LogP contribution in [0.1, 0.15) is 28.4 Å². The Morgan fingerprint density at radius 3 is 2.60 bits per heavy atom. The van der Waals surface area contributed by atoms with E-state index in [2.05, 4.69) is 33.5 Å². The number of carbonyl (C=O) groups is 2. The number of anilines is 2. The molecule has 0 unspecified atom stereocenters. The number of urea groups is 1. The first-order valence-electron chi connectivity index (χ1n) is 9.82. The molecule has 0 radical (unpaired) electrons. The van der Waals surface area contributed by atoms with Gasteiger partial charge in [0.25, 0.3) is 5.91 Å². The maximum atomic E-state index is 13.1. The van der Waals surface area contributed by atoms with Gasteiger partial charge in [0.05, 0.1) is 0 Å². The Morgan fingerprint density at radius 2 is 1.83 bits per heavy atom. The van der Waals surface area contributed by atoms with E-state index in [-0.39, 0.29) is 18.0 Å². The van der Waals surface area contributed by atoms with Gasteiger partial charge in [0.1, 0.15) is 0 Å². The fraction of sp³-hybridized carbons (Fsp3) is 0.167. The first-order chi connectivity index (χ1) is 14.5. The summed E-state index contributed by atoms with van der Waals surface area (Å²) in [5, 5.41) is 5.69. The lowest BCUT2D eigenvalue weighted by Crippen LogP contribution is -2.35. The van der Waals surface area contributed by atoms with Gasteiger partial charge in [0.15, 0.2) is 0 Å². The number of hydrogen-bond donors (Lipinski definition) is 2. The summed E-state index contributed by atoms with van der Waals surface area (Å²) in [6, 6.07) is 22.6. The Balaban J connectivity index is 1.46. The molecule has 0 saturated carbocycles. The van der Waals surface area contributed by atoms with Crippen LogP contribution in [-0.2, 0) is 13.0 Å². The van der Waals surface area contributed by atoms with Crippen LogP contribution in [0.15, 0.2) is 77.3 Å². The second-order valence-electron chi connectivity index (χ2n) is 7.38. The Kier molecular flexibility index (Phi) is 5.86. The van der Waals surface area contributed by atoms with Crippen LogP contribution >= 0.6 is 15.9 Å². The molecule has 3 aromatic carbocycles. The summed E-state index contributed by atoms with van der Waals surface area (Å²) in [5.41, 5.74) is 4.40. The molecule has 1 heterocycles. The van der Waals surface area contributed by atoms with E-state index >= 15 is 0 Å². The van der Waals surface area contributed by atoms with Crippen LogP contribution < -0.4 is 15.5 Å². The molecule has 1 aliphatic rings. The van der Waals surface area contributed by atoms with Crippen molar-refractivity contribution in [1.82, 2.24) is 5.32 Å². The van der Waals surface area contributed by atoms with Crippen molar-refractivity contribution in [1.29, 1.82) is 0 Å². The number of hydrogen-bond acceptors (Lipinski definition) is 2. The van der Waals surface area contributed by atoms with E-state index in [1.54, 1.807) is 0 Å². The highest BCUT2D eigenvalue weighted by molar-refractivity contribution is 9.10. The first kappa shape index (κ1) is 20.2. The second-order valence-corrected chi connectivity index (χ2v) is 8.29. The zero-order chi connectivity index (χ0) is 21.1. The molecular weight excluding hydrogens is 442 g/mol. The Bertz CT molecular complexity index is 1080. The van der Waals surface area contributed by atoms with Gasteiger partial charge in [-0.05, 0) is 60.9 Å². The molecule has 0 aromatic heterocycles. The zero-order valence-electron chi connectivity index (χ0n) is 16.6. The number of nitrogens with zero attached hydrogens (tertiary/aromatic N) is 1. The molecule has 2 N–H and O–H groups in total. The van der Waals surface area contributed by atoms with E-state index in [4.69, 9.17) is 0 Å². The van der Waals surface area contributed by atoms with Crippen molar-refractivity contribution in [2.75, 3.05) is 10.2 Å². The maximum Gasteiger partial charge on any atom is 0.319 e. The molecule has 152 valence electrons. The van der Waals surface area contributed by atoms with Gasteiger partial charge in [-0.1, -0.05) is 52.3 Å². The fourth-order valence-corrected chi connectivity index (χ4v) is 4.12. The quantitative estimate of drug-likeness (QED) is 0.546. The molecule has 3 aromatic rings. The van der Waals surface area contributed by atoms with E-state index < -0.39 is 0 Å². The van der Waals surface area contributed by atoms with Crippen molar-refractivity contribution in [3.05, 3.63) is 94.0 Å². The molecule has 4 rings (SSSR count). The predicted octanol–water partition coefficient (Wildman–Crippen LogP) is 5.36. The summed E-state index contributed by atoms with van der Waals surface area (Å²) in [6.45, 7) is 2.43. The highest BCUT2D eigenvalue weighted by atomic mass is 79.9. The fourth-order valence-electron chi connectivity index (χ4n) is 3.72. The van der Waals surface area contributed by atoms with E-state index in [0.717, 1.165) is 27.7 Å². The summed E-state index contributed by atoms with van der Waals surface area (Å²) in [4.78, 5) is 27.2. The largest absolute Gasteiger partial charge is 0.334 e. The molecule has 0 bridgehead atoms. The third-order valence-electron chi connectivity index (χ3n) is 5.14.